The van der Waals surface area contributed by atoms with Crippen LogP contribution in [0.25, 0.3) is 22.6 Å². The standard InChI is InChI=1S/C24H21N3O5/c1-14-4-5-17(24-26-21-10-15(2)16(3)11-22(21)32-24)12-20(14)25-23(28)13-31-19-8-6-18(7-9-19)27(29)30/h4-12H,13H2,1-3H3,(H,25,28). The molecule has 8 heteroatoms. The van der Waals surface area contributed by atoms with Crippen LogP contribution in [-0.2, 0) is 4.79 Å². The van der Waals surface area contributed by atoms with Crippen molar-refractivity contribution in [2.24, 2.45) is 0 Å². The number of rotatable bonds is 6. The fourth-order valence-corrected chi connectivity index (χ4v) is 3.19. The minimum Gasteiger partial charge on any atom is -0.484 e. The molecule has 0 aliphatic rings. The second-order valence-electron chi connectivity index (χ2n) is 7.54. The Morgan fingerprint density at radius 1 is 1.03 bits per heavy atom. The van der Waals surface area contributed by atoms with Crippen LogP contribution in [0.4, 0.5) is 11.4 Å². The third-order valence-corrected chi connectivity index (χ3v) is 5.18. The molecule has 8 nitrogen and oxygen atoms in total. The van der Waals surface area contributed by atoms with Crippen LogP contribution in [0.2, 0.25) is 0 Å². The van der Waals surface area contributed by atoms with Gasteiger partial charge >= 0.3 is 0 Å². The molecule has 1 aromatic heterocycles. The summed E-state index contributed by atoms with van der Waals surface area (Å²) in [5.41, 5.74) is 5.96. The lowest BCUT2D eigenvalue weighted by Gasteiger charge is -2.10. The van der Waals surface area contributed by atoms with Gasteiger partial charge in [0, 0.05) is 23.4 Å². The summed E-state index contributed by atoms with van der Waals surface area (Å²) in [7, 11) is 0. The van der Waals surface area contributed by atoms with Crippen LogP contribution in [0.1, 0.15) is 16.7 Å². The van der Waals surface area contributed by atoms with Gasteiger partial charge in [-0.05, 0) is 73.9 Å². The smallest absolute Gasteiger partial charge is 0.269 e. The molecule has 0 spiro atoms. The van der Waals surface area contributed by atoms with Gasteiger partial charge in [-0.2, -0.15) is 0 Å². The number of hydrogen-bond acceptors (Lipinski definition) is 6. The van der Waals surface area contributed by atoms with Gasteiger partial charge < -0.3 is 14.5 Å². The van der Waals surface area contributed by atoms with Gasteiger partial charge in [0.25, 0.3) is 11.6 Å². The van der Waals surface area contributed by atoms with Gasteiger partial charge in [-0.25, -0.2) is 4.98 Å². The average molecular weight is 431 g/mol. The molecule has 0 saturated heterocycles. The number of carbonyl (C=O) groups is 1. The molecule has 0 atom stereocenters. The van der Waals surface area contributed by atoms with Crippen molar-refractivity contribution in [2.45, 2.75) is 20.8 Å². The number of oxazole rings is 1. The number of nitro benzene ring substituents is 1. The highest BCUT2D eigenvalue weighted by molar-refractivity contribution is 5.93. The van der Waals surface area contributed by atoms with Crippen LogP contribution in [0, 0.1) is 30.9 Å². The summed E-state index contributed by atoms with van der Waals surface area (Å²) in [6.45, 7) is 5.70. The van der Waals surface area contributed by atoms with Crippen molar-refractivity contribution in [3.8, 4) is 17.2 Å². The third kappa shape index (κ3) is 4.44. The Hall–Kier alpha value is -4.20. The zero-order valence-corrected chi connectivity index (χ0v) is 17.8. The van der Waals surface area contributed by atoms with Crippen LogP contribution in [0.5, 0.6) is 5.75 Å². The van der Waals surface area contributed by atoms with Crippen molar-refractivity contribution in [3.63, 3.8) is 0 Å². The largest absolute Gasteiger partial charge is 0.484 e. The number of amides is 1. The maximum absolute atomic E-state index is 12.4. The van der Waals surface area contributed by atoms with Crippen LogP contribution >= 0.6 is 0 Å². The first-order valence-corrected chi connectivity index (χ1v) is 9.96. The SMILES string of the molecule is Cc1cc2nc(-c3ccc(C)c(NC(=O)COc4ccc([N+](=O)[O-])cc4)c3)oc2cc1C. The normalized spacial score (nSPS) is 10.8. The summed E-state index contributed by atoms with van der Waals surface area (Å²) in [5, 5.41) is 13.5. The molecule has 0 aliphatic heterocycles. The molecule has 0 radical (unpaired) electrons. The number of nitro groups is 1. The Labute approximate surface area is 184 Å². The number of carbonyl (C=O) groups excluding carboxylic acids is 1. The summed E-state index contributed by atoms with van der Waals surface area (Å²) < 4.78 is 11.4. The second kappa shape index (κ2) is 8.50. The zero-order valence-electron chi connectivity index (χ0n) is 17.8. The predicted octanol–water partition coefficient (Wildman–Crippen LogP) is 5.35. The van der Waals surface area contributed by atoms with Crippen LogP contribution in [-0.4, -0.2) is 22.4 Å². The molecule has 4 rings (SSSR count). The number of aromatic nitrogens is 1. The summed E-state index contributed by atoms with van der Waals surface area (Å²) in [5.74, 6) is 0.489. The molecule has 3 aromatic carbocycles. The van der Waals surface area contributed by atoms with Gasteiger partial charge in [0.15, 0.2) is 12.2 Å². The molecular formula is C24H21N3O5. The first-order chi connectivity index (χ1) is 15.3. The molecule has 32 heavy (non-hydrogen) atoms. The third-order valence-electron chi connectivity index (χ3n) is 5.18. The van der Waals surface area contributed by atoms with E-state index < -0.39 is 4.92 Å². The minimum atomic E-state index is -0.495. The fourth-order valence-electron chi connectivity index (χ4n) is 3.19. The summed E-state index contributed by atoms with van der Waals surface area (Å²) >= 11 is 0. The number of anilines is 1. The molecule has 0 unspecified atom stereocenters. The number of nitrogens with one attached hydrogen (secondary N) is 1. The fraction of sp³-hybridized carbons (Fsp3) is 0.167. The van der Waals surface area contributed by atoms with E-state index in [0.717, 1.165) is 27.8 Å². The van der Waals surface area contributed by atoms with E-state index in [-0.39, 0.29) is 18.2 Å². The van der Waals surface area contributed by atoms with Crippen molar-refractivity contribution in [3.05, 3.63) is 81.4 Å². The van der Waals surface area contributed by atoms with E-state index in [0.29, 0.717) is 22.9 Å². The average Bonchev–Trinajstić information content (AvgIpc) is 3.17. The van der Waals surface area contributed by atoms with E-state index in [1.54, 1.807) is 0 Å². The number of non-ortho nitro benzene ring substituents is 1. The highest BCUT2D eigenvalue weighted by Gasteiger charge is 2.13. The topological polar surface area (TPSA) is 108 Å². The van der Waals surface area contributed by atoms with Crippen molar-refractivity contribution < 1.29 is 18.9 Å². The van der Waals surface area contributed by atoms with E-state index in [4.69, 9.17) is 9.15 Å². The lowest BCUT2D eigenvalue weighted by atomic mass is 10.1. The van der Waals surface area contributed by atoms with Gasteiger partial charge in [-0.15, -0.1) is 0 Å². The molecule has 1 N–H and O–H groups in total. The van der Waals surface area contributed by atoms with Gasteiger partial charge in [0.1, 0.15) is 11.3 Å². The number of aryl methyl sites for hydroxylation is 3. The molecule has 0 saturated carbocycles. The maximum Gasteiger partial charge on any atom is 0.269 e. The van der Waals surface area contributed by atoms with Crippen LogP contribution in [0.15, 0.2) is 59.0 Å². The van der Waals surface area contributed by atoms with Gasteiger partial charge in [0.2, 0.25) is 5.89 Å². The molecule has 162 valence electrons. The number of hydrogen-bond donors (Lipinski definition) is 1. The van der Waals surface area contributed by atoms with E-state index in [2.05, 4.69) is 10.3 Å². The predicted molar refractivity (Wildman–Crippen MR) is 121 cm³/mol. The molecule has 1 heterocycles. The highest BCUT2D eigenvalue weighted by atomic mass is 16.6. The minimum absolute atomic E-state index is 0.0428. The van der Waals surface area contributed by atoms with Crippen LogP contribution < -0.4 is 10.1 Å². The summed E-state index contributed by atoms with van der Waals surface area (Å²) in [6, 6.07) is 15.1. The Balaban J connectivity index is 1.48. The molecule has 1 amide bonds. The second-order valence-corrected chi connectivity index (χ2v) is 7.54. The quantitative estimate of drug-likeness (QED) is 0.326. The van der Waals surface area contributed by atoms with Crippen molar-refractivity contribution in [1.29, 1.82) is 0 Å². The molecular weight excluding hydrogens is 410 g/mol. The van der Waals surface area contributed by atoms with E-state index in [9.17, 15) is 14.9 Å². The number of benzene rings is 3. The van der Waals surface area contributed by atoms with Gasteiger partial charge in [0.05, 0.1) is 4.92 Å². The van der Waals surface area contributed by atoms with Gasteiger partial charge in [-0.3, -0.25) is 14.9 Å². The lowest BCUT2D eigenvalue weighted by molar-refractivity contribution is -0.384. The Morgan fingerprint density at radius 2 is 1.75 bits per heavy atom. The lowest BCUT2D eigenvalue weighted by Crippen LogP contribution is -2.20. The van der Waals surface area contributed by atoms with E-state index in [1.807, 2.05) is 51.1 Å². The molecule has 0 aliphatic carbocycles. The number of ether oxygens (including phenoxy) is 1. The highest BCUT2D eigenvalue weighted by Crippen LogP contribution is 2.29. The first kappa shape index (κ1) is 21.0. The van der Waals surface area contributed by atoms with Crippen molar-refractivity contribution in [1.82, 2.24) is 4.98 Å². The van der Waals surface area contributed by atoms with Gasteiger partial charge in [-0.1, -0.05) is 6.07 Å². The van der Waals surface area contributed by atoms with Crippen molar-refractivity contribution in [2.75, 3.05) is 11.9 Å². The number of nitrogens with zero attached hydrogens (tertiary/aromatic N) is 2. The Bertz CT molecular complexity index is 1290. The Morgan fingerprint density at radius 3 is 2.47 bits per heavy atom. The maximum atomic E-state index is 12.4. The Kier molecular flexibility index (Phi) is 5.59. The molecule has 0 fully saturated rings. The molecule has 4 aromatic rings. The van der Waals surface area contributed by atoms with Crippen LogP contribution in [0.3, 0.4) is 0 Å². The first-order valence-electron chi connectivity index (χ1n) is 9.96. The molecule has 0 bridgehead atoms. The monoisotopic (exact) mass is 431 g/mol. The van der Waals surface area contributed by atoms with E-state index >= 15 is 0 Å². The van der Waals surface area contributed by atoms with Crippen molar-refractivity contribution >= 4 is 28.4 Å². The number of fused-ring (bicyclic) bond motifs is 1. The summed E-state index contributed by atoms with van der Waals surface area (Å²) in [6.07, 6.45) is 0. The van der Waals surface area contributed by atoms with E-state index in [1.165, 1.54) is 24.3 Å². The zero-order chi connectivity index (χ0) is 22.8. The summed E-state index contributed by atoms with van der Waals surface area (Å²) in [4.78, 5) is 27.2.